The van der Waals surface area contributed by atoms with Crippen molar-refractivity contribution in [2.24, 2.45) is 0 Å². The van der Waals surface area contributed by atoms with Crippen molar-refractivity contribution < 1.29 is 37.6 Å². The van der Waals surface area contributed by atoms with Gasteiger partial charge in [-0.15, -0.1) is 0 Å². The minimum Gasteiger partial charge on any atom is -0.467 e. The lowest BCUT2D eigenvalue weighted by atomic mass is 9.98. The monoisotopic (exact) mass is 577 g/mol. The zero-order chi connectivity index (χ0) is 28.3. The molecule has 206 valence electrons. The van der Waals surface area contributed by atoms with E-state index in [1.807, 2.05) is 6.92 Å². The third kappa shape index (κ3) is 6.76. The molecular formula is C26H26ClFN3O7P. The van der Waals surface area contributed by atoms with E-state index in [0.717, 1.165) is 11.1 Å². The van der Waals surface area contributed by atoms with Crippen molar-refractivity contribution in [1.82, 2.24) is 10.2 Å². The summed E-state index contributed by atoms with van der Waals surface area (Å²) in [4.78, 5) is 46.5. The Morgan fingerprint density at radius 2 is 1.87 bits per heavy atom. The van der Waals surface area contributed by atoms with Gasteiger partial charge in [-0.2, -0.15) is 0 Å². The lowest BCUT2D eigenvalue weighted by molar-refractivity contribution is 0.0828. The van der Waals surface area contributed by atoms with Crippen LogP contribution in [0.2, 0.25) is 5.02 Å². The standard InChI is InChI=1S/C26H26ClFN3O7P/c1-16-20-11-8-18(25(32)29-13-17-6-9-19(10-7-17)37-15-38-39(34,35)36)12-24(20)31(26(33)30(16)2)14-21-22(27)4-3-5-23(21)28/h3-12,16H,13-15H2,1-2H3,(H,29,32)(H2,34,35,36)/t16-/m0/s1. The van der Waals surface area contributed by atoms with Gasteiger partial charge in [0, 0.05) is 29.7 Å². The highest BCUT2D eigenvalue weighted by molar-refractivity contribution is 7.46. The van der Waals surface area contributed by atoms with E-state index < -0.39 is 20.4 Å². The molecule has 0 bridgehead atoms. The Morgan fingerprint density at radius 1 is 1.15 bits per heavy atom. The fourth-order valence-corrected chi connectivity index (χ4v) is 4.50. The zero-order valence-electron chi connectivity index (χ0n) is 21.0. The van der Waals surface area contributed by atoms with Crippen LogP contribution in [0, 0.1) is 5.82 Å². The number of anilines is 1. The molecule has 1 aliphatic rings. The van der Waals surface area contributed by atoms with Crippen LogP contribution in [-0.2, 0) is 22.2 Å². The average molecular weight is 578 g/mol. The number of hydrogen-bond acceptors (Lipinski definition) is 5. The lowest BCUT2D eigenvalue weighted by Gasteiger charge is -2.39. The minimum atomic E-state index is -4.63. The number of phosphoric acid groups is 1. The van der Waals surface area contributed by atoms with Crippen molar-refractivity contribution >= 4 is 37.0 Å². The van der Waals surface area contributed by atoms with Crippen LogP contribution in [0.25, 0.3) is 0 Å². The van der Waals surface area contributed by atoms with E-state index in [4.69, 9.17) is 26.1 Å². The molecule has 0 spiro atoms. The number of ether oxygens (including phenoxy) is 1. The van der Waals surface area contributed by atoms with Gasteiger partial charge in [0.25, 0.3) is 5.91 Å². The average Bonchev–Trinajstić information content (AvgIpc) is 2.89. The number of hydrogen-bond donors (Lipinski definition) is 3. The van der Waals surface area contributed by atoms with E-state index in [0.29, 0.717) is 17.0 Å². The summed E-state index contributed by atoms with van der Waals surface area (Å²) in [6.45, 7) is 1.33. The Kier molecular flexibility index (Phi) is 8.58. The third-order valence-corrected chi connectivity index (χ3v) is 7.14. The number of urea groups is 1. The summed E-state index contributed by atoms with van der Waals surface area (Å²) in [7, 11) is -2.97. The molecule has 39 heavy (non-hydrogen) atoms. The maximum absolute atomic E-state index is 14.5. The SMILES string of the molecule is C[C@H]1c2ccc(C(=O)NCc3ccc(OCOP(=O)(O)O)cc3)cc2N(Cc2c(F)cccc2Cl)C(=O)N1C. The molecule has 0 radical (unpaired) electrons. The summed E-state index contributed by atoms with van der Waals surface area (Å²) < 4.78 is 34.6. The van der Waals surface area contributed by atoms with Gasteiger partial charge in [0.15, 0.2) is 6.79 Å². The van der Waals surface area contributed by atoms with Crippen molar-refractivity contribution in [3.05, 3.63) is 93.8 Å². The van der Waals surface area contributed by atoms with Crippen LogP contribution in [0.4, 0.5) is 14.9 Å². The highest BCUT2D eigenvalue weighted by Gasteiger charge is 2.34. The number of nitrogens with zero attached hydrogens (tertiary/aromatic N) is 2. The molecule has 4 rings (SSSR count). The molecule has 0 saturated carbocycles. The van der Waals surface area contributed by atoms with E-state index in [2.05, 4.69) is 9.84 Å². The summed E-state index contributed by atoms with van der Waals surface area (Å²) >= 11 is 6.22. The van der Waals surface area contributed by atoms with Crippen molar-refractivity contribution in [2.75, 3.05) is 18.7 Å². The molecule has 13 heteroatoms. The van der Waals surface area contributed by atoms with Gasteiger partial charge in [-0.05, 0) is 54.4 Å². The van der Waals surface area contributed by atoms with Crippen LogP contribution in [0.5, 0.6) is 5.75 Å². The first-order valence-electron chi connectivity index (χ1n) is 11.8. The summed E-state index contributed by atoms with van der Waals surface area (Å²) in [6, 6.07) is 15.3. The number of benzene rings is 3. The fraction of sp³-hybridized carbons (Fsp3) is 0.231. The number of amides is 3. The lowest BCUT2D eigenvalue weighted by Crippen LogP contribution is -2.46. The van der Waals surface area contributed by atoms with Gasteiger partial charge < -0.3 is 24.7 Å². The van der Waals surface area contributed by atoms with Crippen LogP contribution in [-0.4, -0.2) is 40.5 Å². The molecule has 1 heterocycles. The van der Waals surface area contributed by atoms with E-state index >= 15 is 0 Å². The van der Waals surface area contributed by atoms with E-state index in [9.17, 15) is 18.5 Å². The number of carbonyl (C=O) groups is 2. The van der Waals surface area contributed by atoms with Gasteiger partial charge in [0.2, 0.25) is 0 Å². The number of rotatable bonds is 9. The number of halogens is 2. The van der Waals surface area contributed by atoms with Crippen molar-refractivity contribution in [1.29, 1.82) is 0 Å². The maximum Gasteiger partial charge on any atom is 0.472 e. The molecular weight excluding hydrogens is 552 g/mol. The molecule has 10 nitrogen and oxygen atoms in total. The highest BCUT2D eigenvalue weighted by Crippen LogP contribution is 2.38. The van der Waals surface area contributed by atoms with Gasteiger partial charge in [-0.25, -0.2) is 18.3 Å². The molecule has 3 aromatic rings. The molecule has 1 aliphatic heterocycles. The number of fused-ring (bicyclic) bond motifs is 1. The van der Waals surface area contributed by atoms with Crippen LogP contribution in [0.1, 0.15) is 40.0 Å². The molecule has 3 aromatic carbocycles. The number of carbonyl (C=O) groups excluding carboxylic acids is 2. The Hall–Kier alpha value is -3.47. The van der Waals surface area contributed by atoms with Gasteiger partial charge in [-0.1, -0.05) is 35.9 Å². The molecule has 0 aromatic heterocycles. The fourth-order valence-electron chi connectivity index (χ4n) is 4.08. The smallest absolute Gasteiger partial charge is 0.467 e. The molecule has 3 N–H and O–H groups in total. The van der Waals surface area contributed by atoms with E-state index in [1.165, 1.54) is 17.0 Å². The predicted octanol–water partition coefficient (Wildman–Crippen LogP) is 4.99. The van der Waals surface area contributed by atoms with Crippen LogP contribution in [0.3, 0.4) is 0 Å². The molecule has 1 atom stereocenters. The van der Waals surface area contributed by atoms with Gasteiger partial charge in [-0.3, -0.25) is 9.69 Å². The van der Waals surface area contributed by atoms with E-state index in [1.54, 1.807) is 60.5 Å². The Morgan fingerprint density at radius 3 is 2.54 bits per heavy atom. The zero-order valence-corrected chi connectivity index (χ0v) is 22.7. The Balaban J connectivity index is 1.48. The number of nitrogens with one attached hydrogen (secondary N) is 1. The van der Waals surface area contributed by atoms with Crippen LogP contribution in [0.15, 0.2) is 60.7 Å². The van der Waals surface area contributed by atoms with E-state index in [-0.39, 0.29) is 41.7 Å². The van der Waals surface area contributed by atoms with Gasteiger partial charge >= 0.3 is 13.9 Å². The summed E-state index contributed by atoms with van der Waals surface area (Å²) in [5.74, 6) is -0.583. The van der Waals surface area contributed by atoms with Crippen molar-refractivity contribution in [2.45, 2.75) is 26.1 Å². The Bertz CT molecular complexity index is 1410. The van der Waals surface area contributed by atoms with Crippen molar-refractivity contribution in [3.63, 3.8) is 0 Å². The largest absolute Gasteiger partial charge is 0.472 e. The Labute approximate surface area is 229 Å². The molecule has 0 saturated heterocycles. The number of phosphoric ester groups is 1. The molecule has 3 amide bonds. The van der Waals surface area contributed by atoms with Crippen molar-refractivity contribution in [3.8, 4) is 5.75 Å². The van der Waals surface area contributed by atoms with Gasteiger partial charge in [0.05, 0.1) is 18.3 Å². The third-order valence-electron chi connectivity index (χ3n) is 6.35. The summed E-state index contributed by atoms with van der Waals surface area (Å²) in [5, 5.41) is 3.02. The molecule has 0 unspecified atom stereocenters. The first-order chi connectivity index (χ1) is 18.4. The summed E-state index contributed by atoms with van der Waals surface area (Å²) in [5.41, 5.74) is 2.54. The van der Waals surface area contributed by atoms with Crippen LogP contribution >= 0.6 is 19.4 Å². The quantitative estimate of drug-likeness (QED) is 0.241. The predicted molar refractivity (Wildman–Crippen MR) is 142 cm³/mol. The minimum absolute atomic E-state index is 0.104. The molecule has 0 fully saturated rings. The highest BCUT2D eigenvalue weighted by atomic mass is 35.5. The van der Waals surface area contributed by atoms with Crippen LogP contribution < -0.4 is 15.0 Å². The molecule has 0 aliphatic carbocycles. The van der Waals surface area contributed by atoms with Gasteiger partial charge in [0.1, 0.15) is 11.6 Å². The first-order valence-corrected chi connectivity index (χ1v) is 13.7. The second-order valence-electron chi connectivity index (χ2n) is 8.84. The first kappa shape index (κ1) is 28.5. The topological polar surface area (TPSA) is 129 Å². The maximum atomic E-state index is 14.5. The summed E-state index contributed by atoms with van der Waals surface area (Å²) in [6.07, 6.45) is 0. The second-order valence-corrected chi connectivity index (χ2v) is 10.5. The normalized spacial score (nSPS) is 15.2. The second kappa shape index (κ2) is 11.7.